The highest BCUT2D eigenvalue weighted by molar-refractivity contribution is 5.97. The van der Waals surface area contributed by atoms with Crippen LogP contribution in [0.25, 0.3) is 0 Å². The molecule has 0 bridgehead atoms. The van der Waals surface area contributed by atoms with Crippen LogP contribution in [0.4, 0.5) is 13.2 Å². The van der Waals surface area contributed by atoms with Gasteiger partial charge in [0.05, 0.1) is 5.56 Å². The summed E-state index contributed by atoms with van der Waals surface area (Å²) in [5.41, 5.74) is -0.0684. The minimum Gasteiger partial charge on any atom is -0.354 e. The Labute approximate surface area is 124 Å². The third-order valence-corrected chi connectivity index (χ3v) is 3.35. The van der Waals surface area contributed by atoms with Gasteiger partial charge in [-0.25, -0.2) is 9.97 Å². The number of alkyl halides is 3. The monoisotopic (exact) mass is 316 g/mol. The van der Waals surface area contributed by atoms with Crippen molar-refractivity contribution in [3.05, 3.63) is 23.8 Å². The van der Waals surface area contributed by atoms with Crippen LogP contribution in [0.5, 0.6) is 0 Å². The minimum atomic E-state index is -4.66. The maximum Gasteiger partial charge on any atom is 0.451 e. The molecule has 0 saturated carbocycles. The van der Waals surface area contributed by atoms with Crippen molar-refractivity contribution in [3.63, 3.8) is 0 Å². The average molecular weight is 316 g/mol. The quantitative estimate of drug-likeness (QED) is 0.890. The van der Waals surface area contributed by atoms with Gasteiger partial charge < -0.3 is 10.2 Å². The molecule has 120 valence electrons. The van der Waals surface area contributed by atoms with Gasteiger partial charge in [-0.3, -0.25) is 9.59 Å². The van der Waals surface area contributed by atoms with Crippen LogP contribution in [0, 0.1) is 0 Å². The molecule has 1 atom stereocenters. The van der Waals surface area contributed by atoms with Crippen molar-refractivity contribution in [1.82, 2.24) is 20.2 Å². The number of hydrogen-bond donors (Lipinski definition) is 1. The number of carbonyl (C=O) groups is 2. The van der Waals surface area contributed by atoms with Crippen LogP contribution < -0.4 is 5.32 Å². The third kappa shape index (κ3) is 3.34. The molecule has 0 spiro atoms. The summed E-state index contributed by atoms with van der Waals surface area (Å²) in [4.78, 5) is 32.0. The first-order chi connectivity index (χ1) is 10.3. The van der Waals surface area contributed by atoms with Crippen molar-refractivity contribution in [2.45, 2.75) is 32.0 Å². The lowest BCUT2D eigenvalue weighted by molar-refractivity contribution is -0.145. The molecular weight excluding hydrogens is 301 g/mol. The Bertz CT molecular complexity index is 559. The number of nitrogens with one attached hydrogen (secondary N) is 1. The molecule has 2 rings (SSSR count). The summed E-state index contributed by atoms with van der Waals surface area (Å²) < 4.78 is 37.3. The Kier molecular flexibility index (Phi) is 4.62. The average Bonchev–Trinajstić information content (AvgIpc) is 2.67. The molecule has 1 aromatic rings. The van der Waals surface area contributed by atoms with Gasteiger partial charge in [0.2, 0.25) is 11.7 Å². The van der Waals surface area contributed by atoms with Crippen LogP contribution >= 0.6 is 0 Å². The highest BCUT2D eigenvalue weighted by atomic mass is 19.4. The molecule has 1 aliphatic heterocycles. The predicted octanol–water partition coefficient (Wildman–Crippen LogP) is 1.24. The minimum absolute atomic E-state index is 0.0684. The number of nitrogens with zero attached hydrogens (tertiary/aromatic N) is 3. The van der Waals surface area contributed by atoms with Gasteiger partial charge in [0, 0.05) is 25.5 Å². The smallest absolute Gasteiger partial charge is 0.354 e. The lowest BCUT2D eigenvalue weighted by Crippen LogP contribution is -2.46. The molecule has 0 radical (unpaired) electrons. The van der Waals surface area contributed by atoms with Gasteiger partial charge in [-0.05, 0) is 12.8 Å². The van der Waals surface area contributed by atoms with E-state index in [9.17, 15) is 22.8 Å². The van der Waals surface area contributed by atoms with Crippen molar-refractivity contribution in [1.29, 1.82) is 0 Å². The van der Waals surface area contributed by atoms with Crippen LogP contribution in [0.2, 0.25) is 0 Å². The molecule has 6 nitrogen and oxygen atoms in total. The lowest BCUT2D eigenvalue weighted by atomic mass is 10.1. The summed E-state index contributed by atoms with van der Waals surface area (Å²) in [5.74, 6) is -2.11. The molecule has 1 aromatic heterocycles. The summed E-state index contributed by atoms with van der Waals surface area (Å²) in [6.45, 7) is 2.57. The Morgan fingerprint density at radius 1 is 1.41 bits per heavy atom. The molecule has 0 aromatic carbocycles. The van der Waals surface area contributed by atoms with Crippen LogP contribution in [-0.2, 0) is 11.0 Å². The Balaban J connectivity index is 2.24. The molecule has 9 heteroatoms. The SMILES string of the molecule is CC[C@H]1C(=O)NCCCN1C(=O)c1cnc(C(F)(F)F)nc1. The maximum absolute atomic E-state index is 12.4. The number of rotatable bonds is 2. The van der Waals surface area contributed by atoms with Gasteiger partial charge >= 0.3 is 6.18 Å². The molecular formula is C13H15F3N4O2. The van der Waals surface area contributed by atoms with Crippen LogP contribution in [0.15, 0.2) is 12.4 Å². The second-order valence-corrected chi connectivity index (χ2v) is 4.86. The molecule has 1 N–H and O–H groups in total. The van der Waals surface area contributed by atoms with E-state index in [1.807, 2.05) is 0 Å². The Morgan fingerprint density at radius 2 is 2.05 bits per heavy atom. The summed E-state index contributed by atoms with van der Waals surface area (Å²) in [6, 6.07) is -0.641. The second kappa shape index (κ2) is 6.29. The third-order valence-electron chi connectivity index (χ3n) is 3.35. The largest absolute Gasteiger partial charge is 0.451 e. The molecule has 22 heavy (non-hydrogen) atoms. The van der Waals surface area contributed by atoms with Crippen molar-refractivity contribution in [2.75, 3.05) is 13.1 Å². The van der Waals surface area contributed by atoms with E-state index in [1.54, 1.807) is 6.92 Å². The van der Waals surface area contributed by atoms with E-state index in [0.717, 1.165) is 12.4 Å². The molecule has 0 aliphatic carbocycles. The zero-order chi connectivity index (χ0) is 16.3. The standard InChI is InChI=1S/C13H15F3N4O2/c1-2-9-10(21)17-4-3-5-20(9)11(22)8-6-18-12(19-7-8)13(14,15)16/h6-7,9H,2-5H2,1H3,(H,17,21)/t9-/m0/s1. The summed E-state index contributed by atoms with van der Waals surface area (Å²) in [6.07, 6.45) is -1.98. The van der Waals surface area contributed by atoms with Gasteiger partial charge in [-0.15, -0.1) is 0 Å². The van der Waals surface area contributed by atoms with E-state index in [2.05, 4.69) is 15.3 Å². The summed E-state index contributed by atoms with van der Waals surface area (Å²) in [5, 5.41) is 2.70. The summed E-state index contributed by atoms with van der Waals surface area (Å²) in [7, 11) is 0. The number of hydrogen-bond acceptors (Lipinski definition) is 4. The van der Waals surface area contributed by atoms with Gasteiger partial charge in [0.15, 0.2) is 0 Å². The van der Waals surface area contributed by atoms with Crippen molar-refractivity contribution >= 4 is 11.8 Å². The van der Waals surface area contributed by atoms with E-state index >= 15 is 0 Å². The molecule has 2 amide bonds. The van der Waals surface area contributed by atoms with Gasteiger partial charge in [0.1, 0.15) is 6.04 Å². The van der Waals surface area contributed by atoms with E-state index in [4.69, 9.17) is 0 Å². The van der Waals surface area contributed by atoms with Crippen molar-refractivity contribution in [3.8, 4) is 0 Å². The van der Waals surface area contributed by atoms with E-state index in [1.165, 1.54) is 4.90 Å². The first-order valence-electron chi connectivity index (χ1n) is 6.82. The Hall–Kier alpha value is -2.19. The number of aromatic nitrogens is 2. The Morgan fingerprint density at radius 3 is 2.59 bits per heavy atom. The molecule has 1 fully saturated rings. The fourth-order valence-corrected chi connectivity index (χ4v) is 2.28. The summed E-state index contributed by atoms with van der Waals surface area (Å²) >= 11 is 0. The normalized spacial score (nSPS) is 19.5. The van der Waals surface area contributed by atoms with E-state index in [-0.39, 0.29) is 11.5 Å². The van der Waals surface area contributed by atoms with Crippen LogP contribution in [0.3, 0.4) is 0 Å². The maximum atomic E-state index is 12.4. The van der Waals surface area contributed by atoms with Gasteiger partial charge in [-0.1, -0.05) is 6.92 Å². The molecule has 0 unspecified atom stereocenters. The van der Waals surface area contributed by atoms with Crippen LogP contribution in [0.1, 0.15) is 35.9 Å². The van der Waals surface area contributed by atoms with Gasteiger partial charge in [0.25, 0.3) is 5.91 Å². The highest BCUT2D eigenvalue weighted by Crippen LogP contribution is 2.25. The van der Waals surface area contributed by atoms with Crippen molar-refractivity contribution in [2.24, 2.45) is 0 Å². The fourth-order valence-electron chi connectivity index (χ4n) is 2.28. The number of halogens is 3. The number of amides is 2. The highest BCUT2D eigenvalue weighted by Gasteiger charge is 2.35. The lowest BCUT2D eigenvalue weighted by Gasteiger charge is -2.27. The second-order valence-electron chi connectivity index (χ2n) is 4.86. The molecule has 1 aliphatic rings. The zero-order valence-electron chi connectivity index (χ0n) is 11.9. The van der Waals surface area contributed by atoms with Crippen LogP contribution in [-0.4, -0.2) is 45.8 Å². The number of carbonyl (C=O) groups excluding carboxylic acids is 2. The predicted molar refractivity (Wildman–Crippen MR) is 69.8 cm³/mol. The fraction of sp³-hybridized carbons (Fsp3) is 0.538. The molecule has 2 heterocycles. The zero-order valence-corrected chi connectivity index (χ0v) is 11.9. The molecule has 1 saturated heterocycles. The van der Waals surface area contributed by atoms with E-state index in [0.29, 0.717) is 25.9 Å². The van der Waals surface area contributed by atoms with Crippen molar-refractivity contribution < 1.29 is 22.8 Å². The first kappa shape index (κ1) is 16.2. The van der Waals surface area contributed by atoms with Gasteiger partial charge in [-0.2, -0.15) is 13.2 Å². The van der Waals surface area contributed by atoms with E-state index < -0.39 is 23.9 Å². The first-order valence-corrected chi connectivity index (χ1v) is 6.82. The topological polar surface area (TPSA) is 75.2 Å².